The number of nitrogens with two attached hydrogens (primary N) is 1. The molecule has 2 aromatic heterocycles. The average Bonchev–Trinajstić information content (AvgIpc) is 2.98. The number of aromatic nitrogens is 3. The summed E-state index contributed by atoms with van der Waals surface area (Å²) in [7, 11) is 0. The molecule has 0 fully saturated rings. The summed E-state index contributed by atoms with van der Waals surface area (Å²) >= 11 is 0. The normalized spacial score (nSPS) is 11.5. The SMILES string of the molecule is CCCCc1cccc(Cn2c(C)nc3c(N)nc4ccccc4c32)c1. The van der Waals surface area contributed by atoms with Gasteiger partial charge in [-0.1, -0.05) is 55.8 Å². The van der Waals surface area contributed by atoms with Crippen molar-refractivity contribution >= 4 is 27.8 Å². The molecule has 0 amide bonds. The maximum Gasteiger partial charge on any atom is 0.152 e. The number of rotatable bonds is 5. The largest absolute Gasteiger partial charge is 0.382 e. The van der Waals surface area contributed by atoms with Crippen molar-refractivity contribution in [3.8, 4) is 0 Å². The summed E-state index contributed by atoms with van der Waals surface area (Å²) < 4.78 is 2.26. The molecular weight excluding hydrogens is 320 g/mol. The smallest absolute Gasteiger partial charge is 0.152 e. The van der Waals surface area contributed by atoms with E-state index in [2.05, 4.69) is 46.8 Å². The molecule has 0 radical (unpaired) electrons. The highest BCUT2D eigenvalue weighted by Gasteiger charge is 2.15. The van der Waals surface area contributed by atoms with Gasteiger partial charge in [0.2, 0.25) is 0 Å². The predicted octanol–water partition coefficient (Wildman–Crippen LogP) is 4.87. The first-order valence-corrected chi connectivity index (χ1v) is 9.26. The summed E-state index contributed by atoms with van der Waals surface area (Å²) in [5.74, 6) is 1.46. The van der Waals surface area contributed by atoms with Gasteiger partial charge in [0.25, 0.3) is 0 Å². The van der Waals surface area contributed by atoms with Crippen LogP contribution in [0.2, 0.25) is 0 Å². The number of hydrogen-bond acceptors (Lipinski definition) is 3. The fourth-order valence-corrected chi connectivity index (χ4v) is 3.61. The fraction of sp³-hybridized carbons (Fsp3) is 0.273. The highest BCUT2D eigenvalue weighted by molar-refractivity contribution is 6.06. The van der Waals surface area contributed by atoms with Gasteiger partial charge in [0.05, 0.1) is 11.0 Å². The van der Waals surface area contributed by atoms with Crippen LogP contribution >= 0.6 is 0 Å². The van der Waals surface area contributed by atoms with Crippen LogP contribution in [0.5, 0.6) is 0 Å². The van der Waals surface area contributed by atoms with Crippen LogP contribution in [-0.4, -0.2) is 14.5 Å². The molecule has 2 heterocycles. The number of benzene rings is 2. The predicted molar refractivity (Wildman–Crippen MR) is 108 cm³/mol. The molecular formula is C22H24N4. The second-order valence-electron chi connectivity index (χ2n) is 6.88. The Balaban J connectivity index is 1.83. The lowest BCUT2D eigenvalue weighted by molar-refractivity contribution is 0.775. The van der Waals surface area contributed by atoms with Crippen molar-refractivity contribution in [1.82, 2.24) is 14.5 Å². The van der Waals surface area contributed by atoms with Gasteiger partial charge in [-0.15, -0.1) is 0 Å². The topological polar surface area (TPSA) is 56.7 Å². The molecule has 4 rings (SSSR count). The maximum atomic E-state index is 6.19. The number of hydrogen-bond donors (Lipinski definition) is 1. The molecule has 0 aliphatic heterocycles. The van der Waals surface area contributed by atoms with Gasteiger partial charge >= 0.3 is 0 Å². The van der Waals surface area contributed by atoms with Crippen LogP contribution in [0, 0.1) is 6.92 Å². The molecule has 0 bridgehead atoms. The van der Waals surface area contributed by atoms with E-state index in [0.29, 0.717) is 5.82 Å². The van der Waals surface area contributed by atoms with Crippen LogP contribution in [0.1, 0.15) is 36.7 Å². The molecule has 0 aliphatic rings. The minimum atomic E-state index is 0.497. The van der Waals surface area contributed by atoms with Gasteiger partial charge in [-0.25, -0.2) is 9.97 Å². The Morgan fingerprint density at radius 2 is 1.81 bits per heavy atom. The summed E-state index contributed by atoms with van der Waals surface area (Å²) in [5, 5.41) is 1.10. The van der Waals surface area contributed by atoms with E-state index < -0.39 is 0 Å². The number of aryl methyl sites for hydroxylation is 2. The van der Waals surface area contributed by atoms with Crippen molar-refractivity contribution in [3.63, 3.8) is 0 Å². The minimum Gasteiger partial charge on any atom is -0.382 e. The number of nitrogens with zero attached hydrogens (tertiary/aromatic N) is 3. The first-order valence-electron chi connectivity index (χ1n) is 9.26. The maximum absolute atomic E-state index is 6.19. The number of nitrogen functional groups attached to an aromatic ring is 1. The molecule has 0 atom stereocenters. The molecule has 4 heteroatoms. The summed E-state index contributed by atoms with van der Waals surface area (Å²) in [5.41, 5.74) is 11.7. The molecule has 2 N–H and O–H groups in total. The van der Waals surface area contributed by atoms with E-state index in [4.69, 9.17) is 10.7 Å². The second-order valence-corrected chi connectivity index (χ2v) is 6.88. The van der Waals surface area contributed by atoms with Crippen molar-refractivity contribution in [2.45, 2.75) is 39.7 Å². The van der Waals surface area contributed by atoms with Crippen molar-refractivity contribution in [3.05, 3.63) is 65.5 Å². The Hall–Kier alpha value is -2.88. The summed E-state index contributed by atoms with van der Waals surface area (Å²) in [6.45, 7) is 5.05. The molecule has 0 unspecified atom stereocenters. The van der Waals surface area contributed by atoms with Gasteiger partial charge in [0, 0.05) is 11.9 Å². The molecule has 26 heavy (non-hydrogen) atoms. The Bertz CT molecular complexity index is 1080. The molecule has 2 aromatic carbocycles. The third-order valence-corrected chi connectivity index (χ3v) is 4.95. The van der Waals surface area contributed by atoms with E-state index >= 15 is 0 Å². The van der Waals surface area contributed by atoms with E-state index in [1.165, 1.54) is 24.0 Å². The van der Waals surface area contributed by atoms with Crippen LogP contribution in [0.15, 0.2) is 48.5 Å². The van der Waals surface area contributed by atoms with Gasteiger partial charge in [-0.05, 0) is 37.0 Å². The Morgan fingerprint density at radius 3 is 2.65 bits per heavy atom. The Labute approximate surface area is 153 Å². The average molecular weight is 344 g/mol. The van der Waals surface area contributed by atoms with E-state index in [-0.39, 0.29) is 0 Å². The number of fused-ring (bicyclic) bond motifs is 3. The Morgan fingerprint density at radius 1 is 1.00 bits per heavy atom. The van der Waals surface area contributed by atoms with Crippen LogP contribution in [0.25, 0.3) is 21.9 Å². The number of unbranched alkanes of at least 4 members (excludes halogenated alkanes) is 1. The lowest BCUT2D eigenvalue weighted by atomic mass is 10.1. The van der Waals surface area contributed by atoms with Gasteiger partial charge in [-0.3, -0.25) is 0 Å². The summed E-state index contributed by atoms with van der Waals surface area (Å²) in [4.78, 5) is 9.22. The molecule has 4 nitrogen and oxygen atoms in total. The van der Waals surface area contributed by atoms with Crippen LogP contribution in [0.4, 0.5) is 5.82 Å². The first kappa shape index (κ1) is 16.6. The molecule has 0 spiro atoms. The second kappa shape index (κ2) is 6.79. The number of pyridine rings is 1. The van der Waals surface area contributed by atoms with Crippen molar-refractivity contribution in [2.24, 2.45) is 0 Å². The fourth-order valence-electron chi connectivity index (χ4n) is 3.61. The quantitative estimate of drug-likeness (QED) is 0.562. The van der Waals surface area contributed by atoms with Crippen molar-refractivity contribution in [1.29, 1.82) is 0 Å². The van der Waals surface area contributed by atoms with Gasteiger partial charge < -0.3 is 10.3 Å². The summed E-state index contributed by atoms with van der Waals surface area (Å²) in [6, 6.07) is 17.0. The third kappa shape index (κ3) is 2.92. The zero-order chi connectivity index (χ0) is 18.1. The zero-order valence-electron chi connectivity index (χ0n) is 15.4. The van der Waals surface area contributed by atoms with Gasteiger partial charge in [0.1, 0.15) is 11.3 Å². The van der Waals surface area contributed by atoms with E-state index in [1.54, 1.807) is 0 Å². The van der Waals surface area contributed by atoms with Crippen molar-refractivity contribution < 1.29 is 0 Å². The number of anilines is 1. The highest BCUT2D eigenvalue weighted by atomic mass is 15.1. The third-order valence-electron chi connectivity index (χ3n) is 4.95. The number of imidazole rings is 1. The Kier molecular flexibility index (Phi) is 4.33. The standard InChI is InChI=1S/C22H24N4/c1-3-4-8-16-9-7-10-17(13-16)14-26-15(2)24-20-21(26)18-11-5-6-12-19(18)25-22(20)23/h5-7,9-13H,3-4,8,14H2,1-2H3,(H2,23,25). The lowest BCUT2D eigenvalue weighted by Gasteiger charge is -2.11. The molecule has 4 aromatic rings. The van der Waals surface area contributed by atoms with Crippen LogP contribution in [-0.2, 0) is 13.0 Å². The molecule has 0 saturated heterocycles. The van der Waals surface area contributed by atoms with Crippen molar-refractivity contribution in [2.75, 3.05) is 5.73 Å². The van der Waals surface area contributed by atoms with Crippen LogP contribution in [0.3, 0.4) is 0 Å². The molecule has 0 aliphatic carbocycles. The molecule has 0 saturated carbocycles. The molecule has 132 valence electrons. The zero-order valence-corrected chi connectivity index (χ0v) is 15.4. The summed E-state index contributed by atoms with van der Waals surface area (Å²) in [6.07, 6.45) is 3.57. The number of para-hydroxylation sites is 1. The van der Waals surface area contributed by atoms with E-state index in [9.17, 15) is 0 Å². The van der Waals surface area contributed by atoms with E-state index in [1.807, 2.05) is 25.1 Å². The van der Waals surface area contributed by atoms with Crippen LogP contribution < -0.4 is 5.73 Å². The van der Waals surface area contributed by atoms with E-state index in [0.717, 1.165) is 40.7 Å². The van der Waals surface area contributed by atoms with Gasteiger partial charge in [-0.2, -0.15) is 0 Å². The first-order chi connectivity index (χ1) is 12.7. The minimum absolute atomic E-state index is 0.497. The lowest BCUT2D eigenvalue weighted by Crippen LogP contribution is -2.03. The monoisotopic (exact) mass is 344 g/mol. The van der Waals surface area contributed by atoms with Gasteiger partial charge in [0.15, 0.2) is 5.82 Å². The highest BCUT2D eigenvalue weighted by Crippen LogP contribution is 2.29.